The van der Waals surface area contributed by atoms with Gasteiger partial charge < -0.3 is 10.5 Å². The average Bonchev–Trinajstić information content (AvgIpc) is 2.72. The lowest BCUT2D eigenvalue weighted by Crippen LogP contribution is -2.16. The summed E-state index contributed by atoms with van der Waals surface area (Å²) in [6.07, 6.45) is 0. The third kappa shape index (κ3) is 2.14. The number of thiazole rings is 1. The monoisotopic (exact) mass is 222 g/mol. The van der Waals surface area contributed by atoms with Gasteiger partial charge in [-0.05, 0) is 17.7 Å². The smallest absolute Gasteiger partial charge is 0.293 e. The first-order valence-corrected chi connectivity index (χ1v) is 5.33. The molecule has 15 heavy (non-hydrogen) atoms. The highest BCUT2D eigenvalue weighted by molar-refractivity contribution is 7.16. The summed E-state index contributed by atoms with van der Waals surface area (Å²) in [7, 11) is 0. The standard InChI is InChI=1S/C10H10N2O2S/c11-8(4-14-6-13)7-1-2-9-10(3-7)15-5-12-9/h1-3,5-6,8H,4,11H2. The van der Waals surface area contributed by atoms with Crippen LogP contribution in [0.5, 0.6) is 0 Å². The van der Waals surface area contributed by atoms with E-state index < -0.39 is 0 Å². The molecule has 0 saturated carbocycles. The molecule has 0 saturated heterocycles. The maximum absolute atomic E-state index is 10.0. The van der Waals surface area contributed by atoms with Crippen LogP contribution in [0.1, 0.15) is 11.6 Å². The lowest BCUT2D eigenvalue weighted by Gasteiger charge is -2.09. The minimum absolute atomic E-state index is 0.202. The van der Waals surface area contributed by atoms with Gasteiger partial charge in [-0.2, -0.15) is 0 Å². The summed E-state index contributed by atoms with van der Waals surface area (Å²) < 4.78 is 5.72. The van der Waals surface area contributed by atoms with Crippen molar-refractivity contribution in [2.24, 2.45) is 5.73 Å². The van der Waals surface area contributed by atoms with Crippen LogP contribution in [-0.2, 0) is 9.53 Å². The molecular weight excluding hydrogens is 212 g/mol. The van der Waals surface area contributed by atoms with Gasteiger partial charge in [0.25, 0.3) is 6.47 Å². The van der Waals surface area contributed by atoms with E-state index in [4.69, 9.17) is 5.73 Å². The Morgan fingerprint density at radius 1 is 1.60 bits per heavy atom. The molecular formula is C10H10N2O2S. The molecule has 2 aromatic rings. The normalized spacial score (nSPS) is 12.6. The number of hydrogen-bond donors (Lipinski definition) is 1. The van der Waals surface area contributed by atoms with E-state index in [0.717, 1.165) is 15.8 Å². The third-order valence-electron chi connectivity index (χ3n) is 2.13. The lowest BCUT2D eigenvalue weighted by molar-refractivity contribution is -0.129. The van der Waals surface area contributed by atoms with Crippen molar-refractivity contribution < 1.29 is 9.53 Å². The molecule has 1 aromatic heterocycles. The van der Waals surface area contributed by atoms with E-state index in [1.165, 1.54) is 0 Å². The number of ether oxygens (including phenoxy) is 1. The zero-order valence-electron chi connectivity index (χ0n) is 7.92. The molecule has 0 spiro atoms. The van der Waals surface area contributed by atoms with Crippen molar-refractivity contribution in [3.8, 4) is 0 Å². The fourth-order valence-corrected chi connectivity index (χ4v) is 2.07. The van der Waals surface area contributed by atoms with Crippen LogP contribution in [0.3, 0.4) is 0 Å². The van der Waals surface area contributed by atoms with E-state index in [1.54, 1.807) is 16.8 Å². The predicted octanol–water partition coefficient (Wildman–Crippen LogP) is 1.47. The number of aromatic nitrogens is 1. The number of hydrogen-bond acceptors (Lipinski definition) is 5. The second kappa shape index (κ2) is 4.37. The molecule has 1 atom stereocenters. The molecule has 78 valence electrons. The second-order valence-corrected chi connectivity index (χ2v) is 4.00. The van der Waals surface area contributed by atoms with Gasteiger partial charge in [-0.3, -0.25) is 4.79 Å². The molecule has 1 aromatic carbocycles. The summed E-state index contributed by atoms with van der Waals surface area (Å²) in [6.45, 7) is 0.610. The minimum Gasteiger partial charge on any atom is -0.466 e. The maximum Gasteiger partial charge on any atom is 0.293 e. The van der Waals surface area contributed by atoms with Gasteiger partial charge >= 0.3 is 0 Å². The first-order valence-electron chi connectivity index (χ1n) is 4.45. The number of carbonyl (C=O) groups excluding carboxylic acids is 1. The van der Waals surface area contributed by atoms with Crippen LogP contribution in [0.25, 0.3) is 10.2 Å². The van der Waals surface area contributed by atoms with Crippen molar-refractivity contribution in [1.29, 1.82) is 0 Å². The molecule has 2 rings (SSSR count). The Bertz CT molecular complexity index is 469. The van der Waals surface area contributed by atoms with Crippen molar-refractivity contribution in [2.45, 2.75) is 6.04 Å². The van der Waals surface area contributed by atoms with Gasteiger partial charge in [0.15, 0.2) is 0 Å². The zero-order chi connectivity index (χ0) is 10.7. The van der Waals surface area contributed by atoms with Crippen molar-refractivity contribution >= 4 is 28.0 Å². The Labute approximate surface area is 90.7 Å². The van der Waals surface area contributed by atoms with Crippen LogP contribution >= 0.6 is 11.3 Å². The number of nitrogens with zero attached hydrogens (tertiary/aromatic N) is 1. The van der Waals surface area contributed by atoms with E-state index in [-0.39, 0.29) is 12.6 Å². The molecule has 2 N–H and O–H groups in total. The summed E-state index contributed by atoms with van der Waals surface area (Å²) in [5.41, 5.74) is 9.55. The zero-order valence-corrected chi connectivity index (χ0v) is 8.74. The summed E-state index contributed by atoms with van der Waals surface area (Å²) in [5, 5.41) is 0. The van der Waals surface area contributed by atoms with Gasteiger partial charge in [0.05, 0.1) is 21.8 Å². The van der Waals surface area contributed by atoms with Crippen LogP contribution < -0.4 is 5.73 Å². The third-order valence-corrected chi connectivity index (χ3v) is 2.92. The SMILES string of the molecule is NC(COC=O)c1ccc2ncsc2c1. The lowest BCUT2D eigenvalue weighted by atomic mass is 10.1. The van der Waals surface area contributed by atoms with Crippen LogP contribution in [0, 0.1) is 0 Å². The molecule has 0 aliphatic rings. The average molecular weight is 222 g/mol. The van der Waals surface area contributed by atoms with Crippen LogP contribution in [0.2, 0.25) is 0 Å². The van der Waals surface area contributed by atoms with Crippen LogP contribution in [0.15, 0.2) is 23.7 Å². The van der Waals surface area contributed by atoms with Crippen molar-refractivity contribution in [3.63, 3.8) is 0 Å². The highest BCUT2D eigenvalue weighted by Crippen LogP contribution is 2.21. The number of benzene rings is 1. The Hall–Kier alpha value is -1.46. The molecule has 0 bridgehead atoms. The molecule has 1 unspecified atom stereocenters. The van der Waals surface area contributed by atoms with Gasteiger partial charge in [-0.25, -0.2) is 4.98 Å². The van der Waals surface area contributed by atoms with Crippen LogP contribution in [0.4, 0.5) is 0 Å². The Morgan fingerprint density at radius 2 is 2.47 bits per heavy atom. The summed E-state index contributed by atoms with van der Waals surface area (Å²) >= 11 is 1.57. The highest BCUT2D eigenvalue weighted by atomic mass is 32.1. The van der Waals surface area contributed by atoms with Crippen molar-refractivity contribution in [2.75, 3.05) is 6.61 Å². The molecule has 4 nitrogen and oxygen atoms in total. The minimum atomic E-state index is -0.276. The predicted molar refractivity (Wildman–Crippen MR) is 58.6 cm³/mol. The largest absolute Gasteiger partial charge is 0.466 e. The van der Waals surface area contributed by atoms with E-state index >= 15 is 0 Å². The van der Waals surface area contributed by atoms with E-state index in [2.05, 4.69) is 9.72 Å². The van der Waals surface area contributed by atoms with Crippen LogP contribution in [-0.4, -0.2) is 18.1 Å². The van der Waals surface area contributed by atoms with Gasteiger partial charge in [-0.1, -0.05) is 6.07 Å². The van der Waals surface area contributed by atoms with E-state index in [1.807, 2.05) is 18.2 Å². The van der Waals surface area contributed by atoms with Gasteiger partial charge in [0, 0.05) is 0 Å². The Balaban J connectivity index is 2.23. The maximum atomic E-state index is 10.0. The molecule has 5 heteroatoms. The number of fused-ring (bicyclic) bond motifs is 1. The quantitative estimate of drug-likeness (QED) is 0.795. The molecule has 1 heterocycles. The molecule has 0 aliphatic heterocycles. The molecule has 0 radical (unpaired) electrons. The first kappa shape index (κ1) is 10.1. The fraction of sp³-hybridized carbons (Fsp3) is 0.200. The molecule has 0 aliphatic carbocycles. The van der Waals surface area contributed by atoms with E-state index in [0.29, 0.717) is 6.47 Å². The topological polar surface area (TPSA) is 65.2 Å². The summed E-state index contributed by atoms with van der Waals surface area (Å²) in [6, 6.07) is 5.52. The van der Waals surface area contributed by atoms with Gasteiger partial charge in [-0.15, -0.1) is 11.3 Å². The summed E-state index contributed by atoms with van der Waals surface area (Å²) in [5.74, 6) is 0. The van der Waals surface area contributed by atoms with Crippen molar-refractivity contribution in [1.82, 2.24) is 4.98 Å². The molecule has 0 fully saturated rings. The Morgan fingerprint density at radius 3 is 3.27 bits per heavy atom. The number of rotatable bonds is 4. The van der Waals surface area contributed by atoms with Gasteiger partial charge in [0.2, 0.25) is 0 Å². The highest BCUT2D eigenvalue weighted by Gasteiger charge is 2.07. The van der Waals surface area contributed by atoms with Gasteiger partial charge in [0.1, 0.15) is 6.61 Å². The summed E-state index contributed by atoms with van der Waals surface area (Å²) in [4.78, 5) is 14.2. The Kier molecular flexibility index (Phi) is 2.94. The molecule has 0 amide bonds. The number of nitrogens with two attached hydrogens (primary N) is 1. The number of carbonyl (C=O) groups is 1. The second-order valence-electron chi connectivity index (χ2n) is 3.12. The van der Waals surface area contributed by atoms with Crippen molar-refractivity contribution in [3.05, 3.63) is 29.3 Å². The van der Waals surface area contributed by atoms with E-state index in [9.17, 15) is 4.79 Å². The fourth-order valence-electron chi connectivity index (χ4n) is 1.34. The first-order chi connectivity index (χ1) is 7.31.